The molecule has 0 bridgehead atoms. The monoisotopic (exact) mass is 378 g/mol. The smallest absolute Gasteiger partial charge is 0.322 e. The van der Waals surface area contributed by atoms with Crippen LogP contribution < -0.4 is 15.4 Å². The highest BCUT2D eigenvalue weighted by Gasteiger charge is 2.26. The molecule has 2 aromatic rings. The van der Waals surface area contributed by atoms with E-state index in [2.05, 4.69) is 15.6 Å². The number of halogens is 1. The van der Waals surface area contributed by atoms with Crippen LogP contribution in [0.25, 0.3) is 0 Å². The van der Waals surface area contributed by atoms with E-state index in [0.29, 0.717) is 6.54 Å². The van der Waals surface area contributed by atoms with E-state index in [-0.39, 0.29) is 31.9 Å². The van der Waals surface area contributed by atoms with Crippen LogP contribution in [0.3, 0.4) is 0 Å². The summed E-state index contributed by atoms with van der Waals surface area (Å²) in [6.07, 6.45) is 4.40. The normalized spacial score (nSPS) is 16.0. The Labute approximate surface area is 161 Å². The quantitative estimate of drug-likeness (QED) is 0.857. The molecule has 0 spiro atoms. The van der Waals surface area contributed by atoms with E-state index in [9.17, 15) is 4.79 Å². The van der Waals surface area contributed by atoms with E-state index in [1.807, 2.05) is 47.5 Å². The number of carbonyl (C=O) groups is 1. The highest BCUT2D eigenvalue weighted by atomic mass is 35.5. The van der Waals surface area contributed by atoms with Gasteiger partial charge in [0.05, 0.1) is 13.2 Å². The fourth-order valence-electron chi connectivity index (χ4n) is 2.87. The van der Waals surface area contributed by atoms with Gasteiger partial charge in [-0.05, 0) is 42.3 Å². The van der Waals surface area contributed by atoms with Crippen molar-refractivity contribution in [1.82, 2.24) is 15.2 Å². The number of urea groups is 1. The molecule has 1 unspecified atom stereocenters. The molecule has 2 amide bonds. The summed E-state index contributed by atoms with van der Waals surface area (Å²) in [5, 5.41) is 6.33. The summed E-state index contributed by atoms with van der Waals surface area (Å²) in [4.78, 5) is 18.7. The van der Waals surface area contributed by atoms with Gasteiger partial charge >= 0.3 is 6.03 Å². The number of hydrogen-bond acceptors (Lipinski definition) is 4. The number of ether oxygens (including phenoxy) is 1. The van der Waals surface area contributed by atoms with Gasteiger partial charge in [0.25, 0.3) is 0 Å². The third-order valence-electron chi connectivity index (χ3n) is 4.15. The minimum Gasteiger partial charge on any atom is -0.497 e. The zero-order chi connectivity index (χ0) is 16.8. The molecule has 1 fully saturated rings. The number of aromatic nitrogens is 1. The Hall–Kier alpha value is -2.31. The first-order chi connectivity index (χ1) is 11.8. The third-order valence-corrected chi connectivity index (χ3v) is 4.15. The molecule has 2 N–H and O–H groups in total. The number of rotatable bonds is 4. The van der Waals surface area contributed by atoms with Crippen LogP contribution >= 0.6 is 12.4 Å². The molecule has 6 nitrogen and oxygen atoms in total. The van der Waals surface area contributed by atoms with Crippen LogP contribution in [0.2, 0.25) is 0 Å². The van der Waals surface area contributed by atoms with Gasteiger partial charge in [0.2, 0.25) is 0 Å². The molecule has 1 saturated heterocycles. The average molecular weight is 379 g/mol. The average Bonchev–Trinajstić information content (AvgIpc) is 2.63. The summed E-state index contributed by atoms with van der Waals surface area (Å²) in [6.45, 7) is 2.28. The molecule has 1 aromatic carbocycles. The van der Waals surface area contributed by atoms with Crippen LogP contribution in [-0.2, 0) is 6.42 Å². The largest absolute Gasteiger partial charge is 0.497 e. The molecule has 0 aliphatic carbocycles. The maximum Gasteiger partial charge on any atom is 0.322 e. The molecule has 7 heteroatoms. The standard InChI is InChI=1S/C18H22N4O2.CH4.ClH/c1-24-17-6-4-15(5-7-17)21-18(23)22-10-9-20-13-16(22)11-14-3-2-8-19-12-14;;/h2-8,12,16,20H,9-11,13H2,1H3,(H,21,23);1H4;1H. The predicted octanol–water partition coefficient (Wildman–Crippen LogP) is 3.20. The van der Waals surface area contributed by atoms with Crippen molar-refractivity contribution in [2.45, 2.75) is 19.9 Å². The van der Waals surface area contributed by atoms with Gasteiger partial charge in [0.15, 0.2) is 0 Å². The van der Waals surface area contributed by atoms with Crippen molar-refractivity contribution in [2.75, 3.05) is 32.1 Å². The first-order valence-corrected chi connectivity index (χ1v) is 8.07. The van der Waals surface area contributed by atoms with Crippen molar-refractivity contribution in [2.24, 2.45) is 0 Å². The predicted molar refractivity (Wildman–Crippen MR) is 107 cm³/mol. The van der Waals surface area contributed by atoms with Crippen LogP contribution in [0.4, 0.5) is 10.5 Å². The maximum atomic E-state index is 12.7. The Balaban J connectivity index is 0.00000169. The van der Waals surface area contributed by atoms with Crippen LogP contribution in [0.1, 0.15) is 13.0 Å². The molecule has 1 aliphatic heterocycles. The molecular weight excluding hydrogens is 352 g/mol. The number of hydrogen-bond donors (Lipinski definition) is 2. The van der Waals surface area contributed by atoms with Crippen molar-refractivity contribution in [3.05, 3.63) is 54.4 Å². The highest BCUT2D eigenvalue weighted by molar-refractivity contribution is 5.89. The topological polar surface area (TPSA) is 66.5 Å². The molecule has 26 heavy (non-hydrogen) atoms. The lowest BCUT2D eigenvalue weighted by atomic mass is 10.0. The molecule has 142 valence electrons. The van der Waals surface area contributed by atoms with Gasteiger partial charge in [0, 0.05) is 37.7 Å². The molecule has 3 rings (SSSR count). The summed E-state index contributed by atoms with van der Waals surface area (Å²) >= 11 is 0. The number of nitrogens with zero attached hydrogens (tertiary/aromatic N) is 2. The lowest BCUT2D eigenvalue weighted by molar-refractivity contribution is 0.170. The Morgan fingerprint density at radius 2 is 2.12 bits per heavy atom. The maximum absolute atomic E-state index is 12.7. The fraction of sp³-hybridized carbons (Fsp3) is 0.368. The second-order valence-corrected chi connectivity index (χ2v) is 5.78. The van der Waals surface area contributed by atoms with E-state index in [1.54, 1.807) is 13.3 Å². The molecular formula is C19H27ClN4O2. The van der Waals surface area contributed by atoms with Gasteiger partial charge in [-0.3, -0.25) is 4.98 Å². The first-order valence-electron chi connectivity index (χ1n) is 8.07. The summed E-state index contributed by atoms with van der Waals surface area (Å²) in [5.41, 5.74) is 1.90. The number of piperazine rings is 1. The molecule has 1 aliphatic rings. The number of methoxy groups -OCH3 is 1. The SMILES string of the molecule is C.COc1ccc(NC(=O)N2CCNCC2Cc2cccnc2)cc1.Cl. The number of pyridine rings is 1. The summed E-state index contributed by atoms with van der Waals surface area (Å²) in [7, 11) is 1.62. The van der Waals surface area contributed by atoms with Gasteiger partial charge in [-0.1, -0.05) is 13.5 Å². The second kappa shape index (κ2) is 10.6. The van der Waals surface area contributed by atoms with Crippen molar-refractivity contribution >= 4 is 24.1 Å². The minimum atomic E-state index is -0.0736. The molecule has 2 heterocycles. The molecule has 0 saturated carbocycles. The van der Waals surface area contributed by atoms with Gasteiger partial charge in [-0.15, -0.1) is 12.4 Å². The number of benzene rings is 1. The Bertz CT molecular complexity index is 667. The van der Waals surface area contributed by atoms with Gasteiger partial charge in [-0.2, -0.15) is 0 Å². The molecule has 0 radical (unpaired) electrons. The van der Waals surface area contributed by atoms with E-state index < -0.39 is 0 Å². The number of carbonyl (C=O) groups excluding carboxylic acids is 1. The number of amides is 2. The minimum absolute atomic E-state index is 0. The number of nitrogens with one attached hydrogen (secondary N) is 2. The molecule has 1 aromatic heterocycles. The van der Waals surface area contributed by atoms with E-state index in [4.69, 9.17) is 4.74 Å². The van der Waals surface area contributed by atoms with Crippen molar-refractivity contribution in [3.63, 3.8) is 0 Å². The zero-order valence-electron chi connectivity index (χ0n) is 14.1. The summed E-state index contributed by atoms with van der Waals surface area (Å²) in [6, 6.07) is 11.4. The summed E-state index contributed by atoms with van der Waals surface area (Å²) < 4.78 is 5.14. The molecule has 1 atom stereocenters. The lowest BCUT2D eigenvalue weighted by Gasteiger charge is -2.36. The number of anilines is 1. The Kier molecular flexibility index (Phi) is 8.88. The Morgan fingerprint density at radius 1 is 1.35 bits per heavy atom. The fourth-order valence-corrected chi connectivity index (χ4v) is 2.87. The third kappa shape index (κ3) is 5.61. The first kappa shape index (κ1) is 21.7. The van der Waals surface area contributed by atoms with Crippen molar-refractivity contribution in [3.8, 4) is 5.75 Å². The van der Waals surface area contributed by atoms with E-state index in [0.717, 1.165) is 36.5 Å². The van der Waals surface area contributed by atoms with Crippen LogP contribution in [0, 0.1) is 0 Å². The van der Waals surface area contributed by atoms with Gasteiger partial charge in [-0.25, -0.2) is 4.79 Å². The van der Waals surface area contributed by atoms with E-state index in [1.165, 1.54) is 0 Å². The van der Waals surface area contributed by atoms with Gasteiger partial charge < -0.3 is 20.3 Å². The van der Waals surface area contributed by atoms with Crippen molar-refractivity contribution in [1.29, 1.82) is 0 Å². The lowest BCUT2D eigenvalue weighted by Crippen LogP contribution is -2.55. The second-order valence-electron chi connectivity index (χ2n) is 5.78. The Morgan fingerprint density at radius 3 is 2.77 bits per heavy atom. The summed E-state index contributed by atoms with van der Waals surface area (Å²) in [5.74, 6) is 0.768. The van der Waals surface area contributed by atoms with Crippen LogP contribution in [0.5, 0.6) is 5.75 Å². The van der Waals surface area contributed by atoms with Crippen LogP contribution in [-0.4, -0.2) is 48.7 Å². The van der Waals surface area contributed by atoms with Crippen molar-refractivity contribution < 1.29 is 9.53 Å². The van der Waals surface area contributed by atoms with E-state index >= 15 is 0 Å². The van der Waals surface area contributed by atoms with Crippen LogP contribution in [0.15, 0.2) is 48.8 Å². The highest BCUT2D eigenvalue weighted by Crippen LogP contribution is 2.17. The zero-order valence-corrected chi connectivity index (χ0v) is 15.0. The van der Waals surface area contributed by atoms with Gasteiger partial charge in [0.1, 0.15) is 5.75 Å².